The van der Waals surface area contributed by atoms with E-state index in [4.69, 9.17) is 5.73 Å². The first-order valence-electron chi connectivity index (χ1n) is 6.48. The second-order valence-corrected chi connectivity index (χ2v) is 5.31. The fourth-order valence-corrected chi connectivity index (χ4v) is 2.26. The molecular formula is C15H23N. The number of hydrogen-bond donors (Lipinski definition) is 1. The van der Waals surface area contributed by atoms with Gasteiger partial charge in [0.15, 0.2) is 0 Å². The highest BCUT2D eigenvalue weighted by atomic mass is 14.7. The SMILES string of the molecule is Cc1ccc(CCCC(N)C2CC2)cc1C. The van der Waals surface area contributed by atoms with Crippen LogP contribution >= 0.6 is 0 Å². The molecule has 0 amide bonds. The highest BCUT2D eigenvalue weighted by Crippen LogP contribution is 2.33. The Bertz CT molecular complexity index is 352. The molecule has 0 bridgehead atoms. The van der Waals surface area contributed by atoms with E-state index in [9.17, 15) is 0 Å². The number of hydrogen-bond acceptors (Lipinski definition) is 1. The Morgan fingerprint density at radius 3 is 2.62 bits per heavy atom. The van der Waals surface area contributed by atoms with Gasteiger partial charge in [-0.15, -0.1) is 0 Å². The molecule has 1 aliphatic carbocycles. The Morgan fingerprint density at radius 2 is 2.00 bits per heavy atom. The van der Waals surface area contributed by atoms with Crippen LogP contribution in [-0.2, 0) is 6.42 Å². The van der Waals surface area contributed by atoms with Crippen molar-refractivity contribution in [2.45, 2.75) is 52.0 Å². The molecule has 0 spiro atoms. The van der Waals surface area contributed by atoms with Crippen molar-refractivity contribution in [3.05, 3.63) is 34.9 Å². The Labute approximate surface area is 99.0 Å². The zero-order valence-electron chi connectivity index (χ0n) is 10.5. The van der Waals surface area contributed by atoms with Gasteiger partial charge in [0.1, 0.15) is 0 Å². The lowest BCUT2D eigenvalue weighted by Crippen LogP contribution is -2.22. The minimum atomic E-state index is 0.464. The lowest BCUT2D eigenvalue weighted by Gasteiger charge is -2.10. The van der Waals surface area contributed by atoms with Gasteiger partial charge in [-0.2, -0.15) is 0 Å². The van der Waals surface area contributed by atoms with E-state index in [1.807, 2.05) is 0 Å². The minimum absolute atomic E-state index is 0.464. The first-order valence-corrected chi connectivity index (χ1v) is 6.48. The summed E-state index contributed by atoms with van der Waals surface area (Å²) in [5.41, 5.74) is 10.4. The maximum Gasteiger partial charge on any atom is 0.00672 e. The van der Waals surface area contributed by atoms with Crippen LogP contribution in [-0.4, -0.2) is 6.04 Å². The van der Waals surface area contributed by atoms with Gasteiger partial charge in [0.2, 0.25) is 0 Å². The predicted molar refractivity (Wildman–Crippen MR) is 69.6 cm³/mol. The van der Waals surface area contributed by atoms with Crippen LogP contribution < -0.4 is 5.73 Å². The van der Waals surface area contributed by atoms with Crippen LogP contribution in [0.25, 0.3) is 0 Å². The van der Waals surface area contributed by atoms with Crippen LogP contribution in [0.3, 0.4) is 0 Å². The standard InChI is InChI=1S/C15H23N/c1-11-6-7-13(10-12(11)2)4-3-5-15(16)14-8-9-14/h6-7,10,14-15H,3-5,8-9,16H2,1-2H3. The number of benzene rings is 1. The second-order valence-electron chi connectivity index (χ2n) is 5.31. The molecule has 0 aliphatic heterocycles. The van der Waals surface area contributed by atoms with E-state index in [0.717, 1.165) is 5.92 Å². The summed E-state index contributed by atoms with van der Waals surface area (Å²) in [5, 5.41) is 0. The van der Waals surface area contributed by atoms with Gasteiger partial charge in [-0.1, -0.05) is 18.2 Å². The topological polar surface area (TPSA) is 26.0 Å². The summed E-state index contributed by atoms with van der Waals surface area (Å²) >= 11 is 0. The summed E-state index contributed by atoms with van der Waals surface area (Å²) in [7, 11) is 0. The van der Waals surface area contributed by atoms with Crippen LogP contribution in [0.1, 0.15) is 42.4 Å². The molecule has 1 aliphatic rings. The molecule has 0 saturated heterocycles. The molecule has 1 nitrogen and oxygen atoms in total. The third kappa shape index (κ3) is 3.08. The minimum Gasteiger partial charge on any atom is -0.327 e. The molecule has 1 saturated carbocycles. The van der Waals surface area contributed by atoms with Crippen molar-refractivity contribution in [2.24, 2.45) is 11.7 Å². The molecule has 2 N–H and O–H groups in total. The van der Waals surface area contributed by atoms with Crippen molar-refractivity contribution in [1.29, 1.82) is 0 Å². The van der Waals surface area contributed by atoms with E-state index < -0.39 is 0 Å². The second kappa shape index (κ2) is 5.01. The quantitative estimate of drug-likeness (QED) is 0.804. The van der Waals surface area contributed by atoms with Gasteiger partial charge in [-0.25, -0.2) is 0 Å². The van der Waals surface area contributed by atoms with Crippen molar-refractivity contribution in [3.63, 3.8) is 0 Å². The van der Waals surface area contributed by atoms with Crippen LogP contribution in [0.2, 0.25) is 0 Å². The largest absolute Gasteiger partial charge is 0.327 e. The molecule has 1 heteroatoms. The van der Waals surface area contributed by atoms with Crippen molar-refractivity contribution in [3.8, 4) is 0 Å². The summed E-state index contributed by atoms with van der Waals surface area (Å²) in [6.45, 7) is 4.36. The summed E-state index contributed by atoms with van der Waals surface area (Å²) < 4.78 is 0. The average molecular weight is 217 g/mol. The lowest BCUT2D eigenvalue weighted by atomic mass is 10.00. The maximum absolute atomic E-state index is 6.10. The Kier molecular flexibility index (Phi) is 3.65. The van der Waals surface area contributed by atoms with Gasteiger partial charge in [0, 0.05) is 6.04 Å². The summed E-state index contributed by atoms with van der Waals surface area (Å²) in [4.78, 5) is 0. The zero-order chi connectivity index (χ0) is 11.5. The first kappa shape index (κ1) is 11.7. The molecule has 0 radical (unpaired) electrons. The van der Waals surface area contributed by atoms with Gasteiger partial charge in [0.05, 0.1) is 0 Å². The van der Waals surface area contributed by atoms with Gasteiger partial charge in [-0.05, 0) is 68.6 Å². The molecular weight excluding hydrogens is 194 g/mol. The van der Waals surface area contributed by atoms with Gasteiger partial charge in [0.25, 0.3) is 0 Å². The smallest absolute Gasteiger partial charge is 0.00672 e. The molecule has 1 aromatic rings. The molecule has 0 aromatic heterocycles. The number of rotatable bonds is 5. The molecule has 2 rings (SSSR count). The molecule has 0 heterocycles. The Balaban J connectivity index is 1.78. The van der Waals surface area contributed by atoms with Crippen molar-refractivity contribution in [1.82, 2.24) is 0 Å². The van der Waals surface area contributed by atoms with Gasteiger partial charge < -0.3 is 5.73 Å². The Morgan fingerprint density at radius 1 is 1.25 bits per heavy atom. The monoisotopic (exact) mass is 217 g/mol. The summed E-state index contributed by atoms with van der Waals surface area (Å²) in [5.74, 6) is 0.847. The van der Waals surface area contributed by atoms with E-state index >= 15 is 0 Å². The van der Waals surface area contributed by atoms with E-state index in [2.05, 4.69) is 32.0 Å². The highest BCUT2D eigenvalue weighted by molar-refractivity contribution is 5.29. The van der Waals surface area contributed by atoms with Gasteiger partial charge in [-0.3, -0.25) is 0 Å². The van der Waals surface area contributed by atoms with E-state index in [-0.39, 0.29) is 0 Å². The van der Waals surface area contributed by atoms with Crippen LogP contribution in [0, 0.1) is 19.8 Å². The van der Waals surface area contributed by atoms with Crippen LogP contribution in [0.15, 0.2) is 18.2 Å². The Hall–Kier alpha value is -0.820. The fourth-order valence-electron chi connectivity index (χ4n) is 2.26. The zero-order valence-corrected chi connectivity index (χ0v) is 10.5. The van der Waals surface area contributed by atoms with Crippen molar-refractivity contribution >= 4 is 0 Å². The predicted octanol–water partition coefficient (Wildman–Crippen LogP) is 3.36. The normalized spacial score (nSPS) is 17.4. The molecule has 1 unspecified atom stereocenters. The first-order chi connectivity index (χ1) is 7.66. The van der Waals surface area contributed by atoms with Gasteiger partial charge >= 0.3 is 0 Å². The van der Waals surface area contributed by atoms with Crippen molar-refractivity contribution in [2.75, 3.05) is 0 Å². The summed E-state index contributed by atoms with van der Waals surface area (Å²) in [6.07, 6.45) is 6.34. The van der Waals surface area contributed by atoms with E-state index in [1.165, 1.54) is 48.8 Å². The molecule has 1 aromatic carbocycles. The van der Waals surface area contributed by atoms with E-state index in [0.29, 0.717) is 6.04 Å². The third-order valence-electron chi connectivity index (χ3n) is 3.80. The number of aryl methyl sites for hydroxylation is 3. The fraction of sp³-hybridized carbons (Fsp3) is 0.600. The van der Waals surface area contributed by atoms with Crippen LogP contribution in [0.5, 0.6) is 0 Å². The molecule has 1 atom stereocenters. The highest BCUT2D eigenvalue weighted by Gasteiger charge is 2.27. The lowest BCUT2D eigenvalue weighted by molar-refractivity contribution is 0.528. The van der Waals surface area contributed by atoms with Crippen LogP contribution in [0.4, 0.5) is 0 Å². The van der Waals surface area contributed by atoms with E-state index in [1.54, 1.807) is 0 Å². The third-order valence-corrected chi connectivity index (χ3v) is 3.80. The van der Waals surface area contributed by atoms with Crippen molar-refractivity contribution < 1.29 is 0 Å². The molecule has 16 heavy (non-hydrogen) atoms. The number of nitrogens with two attached hydrogens (primary N) is 1. The maximum atomic E-state index is 6.10. The average Bonchev–Trinajstić information content (AvgIpc) is 3.07. The molecule has 1 fully saturated rings. The summed E-state index contributed by atoms with van der Waals surface area (Å²) in [6, 6.07) is 7.26. The molecule has 88 valence electrons.